The molecule has 3 rings (SSSR count). The van der Waals surface area contributed by atoms with E-state index in [9.17, 15) is 13.2 Å². The molecule has 0 saturated carbocycles. The van der Waals surface area contributed by atoms with Crippen LogP contribution in [0, 0.1) is 12.3 Å². The van der Waals surface area contributed by atoms with Crippen molar-refractivity contribution in [2.45, 2.75) is 26.5 Å². The van der Waals surface area contributed by atoms with Gasteiger partial charge in [0, 0.05) is 13.1 Å². The SMILES string of the molecule is Cc1ccc(CS(=O)(=O)Nc2ccc3c(c2)OCC(C)(C)C(=O)N3C)cc1. The maximum Gasteiger partial charge on any atom is 0.236 e. The Labute approximate surface area is 160 Å². The zero-order chi connectivity index (χ0) is 19.8. The summed E-state index contributed by atoms with van der Waals surface area (Å²) in [4.78, 5) is 14.1. The highest BCUT2D eigenvalue weighted by Crippen LogP contribution is 2.37. The first-order valence-electron chi connectivity index (χ1n) is 8.68. The van der Waals surface area contributed by atoms with Gasteiger partial charge in [0.1, 0.15) is 12.4 Å². The van der Waals surface area contributed by atoms with Crippen molar-refractivity contribution in [1.29, 1.82) is 0 Å². The van der Waals surface area contributed by atoms with Gasteiger partial charge < -0.3 is 9.64 Å². The van der Waals surface area contributed by atoms with Crippen molar-refractivity contribution in [3.8, 4) is 5.75 Å². The van der Waals surface area contributed by atoms with Gasteiger partial charge in [0.15, 0.2) is 0 Å². The average molecular weight is 388 g/mol. The maximum atomic E-state index is 12.5. The molecule has 0 spiro atoms. The number of rotatable bonds is 4. The van der Waals surface area contributed by atoms with E-state index in [0.29, 0.717) is 22.7 Å². The average Bonchev–Trinajstić information content (AvgIpc) is 2.67. The summed E-state index contributed by atoms with van der Waals surface area (Å²) in [6.07, 6.45) is 0. The molecule has 1 heterocycles. The number of sulfonamides is 1. The molecule has 0 aliphatic carbocycles. The molecule has 0 saturated heterocycles. The Morgan fingerprint density at radius 3 is 2.48 bits per heavy atom. The fraction of sp³-hybridized carbons (Fsp3) is 0.350. The molecule has 0 atom stereocenters. The first-order chi connectivity index (χ1) is 12.6. The van der Waals surface area contributed by atoms with Crippen molar-refractivity contribution in [2.75, 3.05) is 23.3 Å². The van der Waals surface area contributed by atoms with Gasteiger partial charge in [0.2, 0.25) is 15.9 Å². The van der Waals surface area contributed by atoms with E-state index in [4.69, 9.17) is 4.74 Å². The fourth-order valence-corrected chi connectivity index (χ4v) is 4.16. The van der Waals surface area contributed by atoms with Gasteiger partial charge in [0.05, 0.1) is 22.5 Å². The van der Waals surface area contributed by atoms with Crippen LogP contribution in [0.15, 0.2) is 42.5 Å². The molecule has 0 aromatic heterocycles. The van der Waals surface area contributed by atoms with Crippen molar-refractivity contribution >= 4 is 27.3 Å². The smallest absolute Gasteiger partial charge is 0.236 e. The zero-order valence-corrected chi connectivity index (χ0v) is 16.8. The van der Waals surface area contributed by atoms with Crippen LogP contribution in [0.2, 0.25) is 0 Å². The van der Waals surface area contributed by atoms with Gasteiger partial charge >= 0.3 is 0 Å². The number of aryl methyl sites for hydroxylation is 1. The standard InChI is InChI=1S/C20H24N2O4S/c1-14-5-7-15(8-6-14)12-27(24,25)21-16-9-10-17-18(11-16)26-13-20(2,3)19(23)22(17)4/h5-11,21H,12-13H2,1-4H3. The van der Waals surface area contributed by atoms with Crippen LogP contribution >= 0.6 is 0 Å². The van der Waals surface area contributed by atoms with Crippen molar-refractivity contribution in [3.05, 3.63) is 53.6 Å². The van der Waals surface area contributed by atoms with E-state index in [1.54, 1.807) is 42.3 Å². The number of carbonyl (C=O) groups is 1. The molecule has 27 heavy (non-hydrogen) atoms. The topological polar surface area (TPSA) is 75.7 Å². The third-order valence-corrected chi connectivity index (χ3v) is 5.80. The number of nitrogens with zero attached hydrogens (tertiary/aromatic N) is 1. The Balaban J connectivity index is 1.82. The normalized spacial score (nSPS) is 16.3. The Morgan fingerprint density at radius 2 is 1.81 bits per heavy atom. The van der Waals surface area contributed by atoms with E-state index in [1.807, 2.05) is 32.9 Å². The molecule has 0 radical (unpaired) electrons. The van der Waals surface area contributed by atoms with Gasteiger partial charge in [-0.05, 0) is 38.5 Å². The zero-order valence-electron chi connectivity index (χ0n) is 15.9. The number of carbonyl (C=O) groups excluding carboxylic acids is 1. The number of ether oxygens (including phenoxy) is 1. The maximum absolute atomic E-state index is 12.5. The van der Waals surface area contributed by atoms with Crippen molar-refractivity contribution in [2.24, 2.45) is 5.41 Å². The minimum Gasteiger partial charge on any atom is -0.490 e. The lowest BCUT2D eigenvalue weighted by Crippen LogP contribution is -2.39. The van der Waals surface area contributed by atoms with Crippen LogP contribution in [0.3, 0.4) is 0 Å². The monoisotopic (exact) mass is 388 g/mol. The van der Waals surface area contributed by atoms with Crippen LogP contribution in [0.25, 0.3) is 0 Å². The predicted molar refractivity (Wildman–Crippen MR) is 107 cm³/mol. The van der Waals surface area contributed by atoms with Crippen LogP contribution < -0.4 is 14.4 Å². The summed E-state index contributed by atoms with van der Waals surface area (Å²) in [5.74, 6) is 0.317. The van der Waals surface area contributed by atoms with Gasteiger partial charge in [-0.15, -0.1) is 0 Å². The summed E-state index contributed by atoms with van der Waals surface area (Å²) in [5.41, 5.74) is 2.16. The van der Waals surface area contributed by atoms with Crippen molar-refractivity contribution in [3.63, 3.8) is 0 Å². The van der Waals surface area contributed by atoms with Crippen molar-refractivity contribution < 1.29 is 17.9 Å². The number of fused-ring (bicyclic) bond motifs is 1. The Hall–Kier alpha value is -2.54. The molecule has 0 bridgehead atoms. The van der Waals surface area contributed by atoms with Crippen LogP contribution in [0.5, 0.6) is 5.75 Å². The van der Waals surface area contributed by atoms with E-state index in [0.717, 1.165) is 5.56 Å². The summed E-state index contributed by atoms with van der Waals surface area (Å²) in [6.45, 7) is 5.82. The quantitative estimate of drug-likeness (QED) is 0.872. The second-order valence-corrected chi connectivity index (χ2v) is 9.29. The van der Waals surface area contributed by atoms with E-state index < -0.39 is 15.4 Å². The minimum absolute atomic E-state index is 0.0473. The largest absolute Gasteiger partial charge is 0.490 e. The molecular formula is C20H24N2O4S. The molecule has 1 amide bonds. The Morgan fingerprint density at radius 1 is 1.15 bits per heavy atom. The molecule has 1 aliphatic rings. The number of benzene rings is 2. The summed E-state index contributed by atoms with van der Waals surface area (Å²) in [6, 6.07) is 12.3. The summed E-state index contributed by atoms with van der Waals surface area (Å²) < 4.78 is 33.4. The first kappa shape index (κ1) is 19.2. The molecule has 0 fully saturated rings. The third-order valence-electron chi connectivity index (χ3n) is 4.54. The molecule has 0 unspecified atom stereocenters. The number of hydrogen-bond acceptors (Lipinski definition) is 4. The Bertz CT molecular complexity index is 966. The summed E-state index contributed by atoms with van der Waals surface area (Å²) >= 11 is 0. The number of hydrogen-bond donors (Lipinski definition) is 1. The minimum atomic E-state index is -3.57. The molecule has 1 aliphatic heterocycles. The lowest BCUT2D eigenvalue weighted by molar-refractivity contribution is -0.127. The highest BCUT2D eigenvalue weighted by Gasteiger charge is 2.36. The lowest BCUT2D eigenvalue weighted by atomic mass is 9.93. The van der Waals surface area contributed by atoms with Crippen LogP contribution in [0.1, 0.15) is 25.0 Å². The molecule has 144 valence electrons. The van der Waals surface area contributed by atoms with E-state index in [-0.39, 0.29) is 18.3 Å². The number of amides is 1. The second kappa shape index (κ2) is 6.88. The van der Waals surface area contributed by atoms with Gasteiger partial charge in [-0.25, -0.2) is 8.42 Å². The fourth-order valence-electron chi connectivity index (χ4n) is 2.97. The summed E-state index contributed by atoms with van der Waals surface area (Å²) in [5, 5.41) is 0. The highest BCUT2D eigenvalue weighted by atomic mass is 32.2. The molecule has 7 heteroatoms. The third kappa shape index (κ3) is 4.24. The number of nitrogens with one attached hydrogen (secondary N) is 1. The van der Waals surface area contributed by atoms with Gasteiger partial charge in [-0.3, -0.25) is 9.52 Å². The van der Waals surface area contributed by atoms with E-state index in [2.05, 4.69) is 4.72 Å². The van der Waals surface area contributed by atoms with Crippen LogP contribution in [-0.4, -0.2) is 28.0 Å². The van der Waals surface area contributed by atoms with Crippen molar-refractivity contribution in [1.82, 2.24) is 0 Å². The lowest BCUT2D eigenvalue weighted by Gasteiger charge is -2.24. The first-order valence-corrected chi connectivity index (χ1v) is 10.3. The van der Waals surface area contributed by atoms with Crippen LogP contribution in [0.4, 0.5) is 11.4 Å². The molecule has 1 N–H and O–H groups in total. The number of anilines is 2. The molecule has 2 aromatic rings. The molecule has 2 aromatic carbocycles. The van der Waals surface area contributed by atoms with Gasteiger partial charge in [-0.2, -0.15) is 0 Å². The van der Waals surface area contributed by atoms with E-state index >= 15 is 0 Å². The van der Waals surface area contributed by atoms with Gasteiger partial charge in [0.25, 0.3) is 0 Å². The van der Waals surface area contributed by atoms with E-state index in [1.165, 1.54) is 0 Å². The highest BCUT2D eigenvalue weighted by molar-refractivity contribution is 7.91. The van der Waals surface area contributed by atoms with Gasteiger partial charge in [-0.1, -0.05) is 29.8 Å². The second-order valence-electron chi connectivity index (χ2n) is 7.57. The Kier molecular flexibility index (Phi) is 4.90. The predicted octanol–water partition coefficient (Wildman–Crippen LogP) is 3.32. The molecule has 6 nitrogen and oxygen atoms in total. The molecular weight excluding hydrogens is 364 g/mol. The van der Waals surface area contributed by atoms with Crippen LogP contribution in [-0.2, 0) is 20.6 Å². The summed E-state index contributed by atoms with van der Waals surface area (Å²) in [7, 11) is -1.88.